The third-order valence-corrected chi connectivity index (χ3v) is 16.2. The normalized spacial score (nSPS) is 11.1. The monoisotopic (exact) mass is 1140 g/mol. The van der Waals surface area contributed by atoms with Crippen LogP contribution in [0.25, 0.3) is 0 Å². The maximum Gasteiger partial charge on any atom is 0.631 e. The first-order valence-corrected chi connectivity index (χ1v) is 35.2. The van der Waals surface area contributed by atoms with Gasteiger partial charge in [0.15, 0.2) is 0 Å². The molecule has 0 unspecified atom stereocenters. The quantitative estimate of drug-likeness (QED) is 0.0387. The van der Waals surface area contributed by atoms with Gasteiger partial charge >= 0.3 is 7.32 Å². The first-order valence-electron chi connectivity index (χ1n) is 35.2. The molecule has 7 heteroatoms. The van der Waals surface area contributed by atoms with Gasteiger partial charge in [0.1, 0.15) is 0 Å². The zero-order valence-electron chi connectivity index (χ0n) is 55.5. The van der Waals surface area contributed by atoms with Crippen molar-refractivity contribution < 1.29 is 15.1 Å². The van der Waals surface area contributed by atoms with E-state index in [9.17, 15) is 0 Å². The van der Waals surface area contributed by atoms with Gasteiger partial charge in [-0.05, 0) is 136 Å². The van der Waals surface area contributed by atoms with E-state index >= 15 is 0 Å². The zero-order valence-corrected chi connectivity index (χ0v) is 55.5. The number of unbranched alkanes of at least 4 members (excludes halogenated alkanes) is 42. The van der Waals surface area contributed by atoms with E-state index in [4.69, 9.17) is 15.1 Å². The lowest BCUT2D eigenvalue weighted by atomic mass is 10.0. The van der Waals surface area contributed by atoms with Crippen molar-refractivity contribution in [1.82, 2.24) is 14.7 Å². The molecule has 3 N–H and O–H groups in total. The van der Waals surface area contributed by atoms with Crippen LogP contribution in [0, 0.1) is 0 Å². The summed E-state index contributed by atoms with van der Waals surface area (Å²) in [4.78, 5) is 6.89. The number of rotatable bonds is 54. The van der Waals surface area contributed by atoms with Gasteiger partial charge in [-0.2, -0.15) is 0 Å². The molecule has 0 atom stereocenters. The highest BCUT2D eigenvalue weighted by molar-refractivity contribution is 6.30. The van der Waals surface area contributed by atoms with Crippen molar-refractivity contribution in [2.24, 2.45) is 0 Å². The van der Waals surface area contributed by atoms with Crippen LogP contribution in [-0.2, 0) is 19.3 Å². The number of hydrogen-bond donors (Lipinski definition) is 3. The second-order valence-corrected chi connectivity index (χ2v) is 25.4. The molecule has 0 radical (unpaired) electrons. The number of benzene rings is 3. The fourth-order valence-corrected chi connectivity index (χ4v) is 11.1. The summed E-state index contributed by atoms with van der Waals surface area (Å²) in [5.41, 5.74) is 4.50. The van der Waals surface area contributed by atoms with E-state index < -0.39 is 7.32 Å². The van der Waals surface area contributed by atoms with Crippen LogP contribution in [0.4, 0.5) is 0 Å². The van der Waals surface area contributed by atoms with E-state index in [0.717, 1.165) is 0 Å². The topological polar surface area (TPSA) is 70.4 Å². The molecule has 3 aromatic rings. The minimum atomic E-state index is -2.17. The third kappa shape index (κ3) is 68.3. The Balaban J connectivity index is 0.00000116. The Morgan fingerprint density at radius 1 is 0.207 bits per heavy atom. The van der Waals surface area contributed by atoms with Gasteiger partial charge in [0.05, 0.1) is 0 Å². The summed E-state index contributed by atoms with van der Waals surface area (Å²) < 4.78 is 0. The van der Waals surface area contributed by atoms with Crippen molar-refractivity contribution in [3.05, 3.63) is 108 Å². The molecule has 0 saturated heterocycles. The number of hydrogen-bond acceptors (Lipinski definition) is 6. The maximum absolute atomic E-state index is 7.17. The van der Waals surface area contributed by atoms with Gasteiger partial charge in [-0.1, -0.05) is 341 Å². The molecule has 82 heavy (non-hydrogen) atoms. The predicted molar refractivity (Wildman–Crippen MR) is 366 cm³/mol. The van der Waals surface area contributed by atoms with Crippen LogP contribution >= 0.6 is 0 Å². The van der Waals surface area contributed by atoms with Crippen molar-refractivity contribution in [3.63, 3.8) is 0 Å². The van der Waals surface area contributed by atoms with E-state index in [0.29, 0.717) is 0 Å². The summed E-state index contributed by atoms with van der Waals surface area (Å²) >= 11 is 0. The summed E-state index contributed by atoms with van der Waals surface area (Å²) in [5, 5.41) is 21.5. The molecule has 0 bridgehead atoms. The molecular formula is C75H138BN3O3. The lowest BCUT2D eigenvalue weighted by Gasteiger charge is -2.08. The minimum absolute atomic E-state index is 1.26. The predicted octanol–water partition coefficient (Wildman–Crippen LogP) is 20.9. The molecule has 0 saturated carbocycles. The molecule has 0 aliphatic rings. The summed E-state index contributed by atoms with van der Waals surface area (Å²) in [6.07, 6.45) is 68.5. The van der Waals surface area contributed by atoms with Gasteiger partial charge in [0, 0.05) is 0 Å². The zero-order chi connectivity index (χ0) is 59.7. The van der Waals surface area contributed by atoms with E-state index in [1.165, 1.54) is 345 Å². The Hall–Kier alpha value is -2.52. The Morgan fingerprint density at radius 2 is 0.329 bits per heavy atom. The van der Waals surface area contributed by atoms with Gasteiger partial charge in [0.2, 0.25) is 0 Å². The van der Waals surface area contributed by atoms with Crippen LogP contribution in [0.2, 0.25) is 0 Å². The second kappa shape index (κ2) is 66.0. The SMILES string of the molecule is CN(C)CCCCCCCCCCCCCCCCCc1ccccc1.CN(C)CCCCCCCCCCCCCCCCCc1ccccc1.CN(C)CCCCCCCCCCCCCCCCCc1ccccc1.OB(O)O. The molecule has 6 nitrogen and oxygen atoms in total. The molecule has 0 spiro atoms. The van der Waals surface area contributed by atoms with E-state index in [1.807, 2.05) is 0 Å². The van der Waals surface area contributed by atoms with Gasteiger partial charge in [0.25, 0.3) is 0 Å². The molecule has 0 aliphatic carbocycles. The standard InChI is InChI=1S/3C25H45N.BH3O3/c3*1-26(2)24-20-15-13-11-9-7-5-3-4-6-8-10-12-14-17-21-25-22-18-16-19-23-25;2-1(3)4/h3*16,18-19,22-23H,3-15,17,20-21,24H2,1-2H3;2-4H. The summed E-state index contributed by atoms with van der Waals surface area (Å²) in [6, 6.07) is 32.8. The molecule has 3 aromatic carbocycles. The Bertz CT molecular complexity index is 1410. The molecule has 3 rings (SSSR count). The fourth-order valence-electron chi connectivity index (χ4n) is 11.1. The average Bonchev–Trinajstić information content (AvgIpc) is 3.46. The highest BCUT2D eigenvalue weighted by Gasteiger charge is 2.01. The first kappa shape index (κ1) is 79.5. The summed E-state index contributed by atoms with van der Waals surface area (Å²) in [7, 11) is 10.9. The van der Waals surface area contributed by atoms with Crippen molar-refractivity contribution in [3.8, 4) is 0 Å². The molecule has 0 aliphatic heterocycles. The van der Waals surface area contributed by atoms with Crippen LogP contribution in [0.1, 0.15) is 306 Å². The molecule has 0 amide bonds. The van der Waals surface area contributed by atoms with Crippen molar-refractivity contribution in [2.45, 2.75) is 308 Å². The van der Waals surface area contributed by atoms with Crippen molar-refractivity contribution in [2.75, 3.05) is 61.9 Å². The molecule has 474 valence electrons. The lowest BCUT2D eigenvalue weighted by Crippen LogP contribution is -2.12. The fraction of sp³-hybridized carbons (Fsp3) is 0.760. The van der Waals surface area contributed by atoms with E-state index in [1.54, 1.807) is 0 Å². The summed E-state index contributed by atoms with van der Waals surface area (Å²) in [6.45, 7) is 3.77. The maximum atomic E-state index is 7.17. The molecular weight excluding hydrogens is 1000 g/mol. The average molecular weight is 1140 g/mol. The molecule has 0 fully saturated rings. The van der Waals surface area contributed by atoms with Gasteiger partial charge in [-0.15, -0.1) is 0 Å². The smallest absolute Gasteiger partial charge is 0.402 e. The van der Waals surface area contributed by atoms with E-state index in [-0.39, 0.29) is 0 Å². The Labute approximate surface area is 512 Å². The largest absolute Gasteiger partial charge is 0.631 e. The van der Waals surface area contributed by atoms with Crippen molar-refractivity contribution in [1.29, 1.82) is 0 Å². The Morgan fingerprint density at radius 3 is 0.463 bits per heavy atom. The van der Waals surface area contributed by atoms with Gasteiger partial charge < -0.3 is 29.8 Å². The highest BCUT2D eigenvalue weighted by Crippen LogP contribution is 2.18. The number of nitrogens with zero attached hydrogens (tertiary/aromatic N) is 3. The van der Waals surface area contributed by atoms with Crippen LogP contribution in [0.15, 0.2) is 91.0 Å². The van der Waals surface area contributed by atoms with Gasteiger partial charge in [-0.3, -0.25) is 0 Å². The van der Waals surface area contributed by atoms with Crippen LogP contribution in [0.5, 0.6) is 0 Å². The van der Waals surface area contributed by atoms with Crippen LogP contribution in [-0.4, -0.2) is 99.0 Å². The first-order chi connectivity index (χ1) is 40.1. The third-order valence-electron chi connectivity index (χ3n) is 16.2. The van der Waals surface area contributed by atoms with Crippen LogP contribution in [0.3, 0.4) is 0 Å². The highest BCUT2D eigenvalue weighted by atomic mass is 16.5. The molecule has 0 aromatic heterocycles. The minimum Gasteiger partial charge on any atom is -0.402 e. The second-order valence-electron chi connectivity index (χ2n) is 25.4. The Kier molecular flexibility index (Phi) is 64.0. The number of aryl methyl sites for hydroxylation is 3. The van der Waals surface area contributed by atoms with E-state index in [2.05, 4.69) is 148 Å². The molecule has 0 heterocycles. The summed E-state index contributed by atoms with van der Waals surface area (Å²) in [5.74, 6) is 0. The van der Waals surface area contributed by atoms with Gasteiger partial charge in [-0.25, -0.2) is 0 Å². The van der Waals surface area contributed by atoms with Crippen molar-refractivity contribution >= 4 is 7.32 Å². The van der Waals surface area contributed by atoms with Crippen LogP contribution < -0.4 is 0 Å². The lowest BCUT2D eigenvalue weighted by molar-refractivity contribution is 0.278.